The molecule has 2 rings (SSSR count). The highest BCUT2D eigenvalue weighted by atomic mass is 79.9. The molecule has 0 saturated carbocycles. The lowest BCUT2D eigenvalue weighted by molar-refractivity contribution is -0.127. The molecule has 2 N–H and O–H groups in total. The maximum absolute atomic E-state index is 13.8. The Morgan fingerprint density at radius 1 is 1.28 bits per heavy atom. The molecule has 0 unspecified atom stereocenters. The quantitative estimate of drug-likeness (QED) is 0.494. The van der Waals surface area contributed by atoms with Crippen molar-refractivity contribution in [3.8, 4) is 0 Å². The van der Waals surface area contributed by atoms with Gasteiger partial charge in [-0.15, -0.1) is 10.2 Å². The smallest absolute Gasteiger partial charge is 0.233 e. The molecule has 1 heterocycles. The van der Waals surface area contributed by atoms with Crippen LogP contribution in [0.4, 0.5) is 4.39 Å². The van der Waals surface area contributed by atoms with Crippen molar-refractivity contribution in [1.82, 2.24) is 19.8 Å². The van der Waals surface area contributed by atoms with Crippen molar-refractivity contribution in [3.63, 3.8) is 0 Å². The van der Waals surface area contributed by atoms with E-state index >= 15 is 0 Å². The molecule has 0 saturated heterocycles. The number of hydrogen-bond acceptors (Lipinski definition) is 6. The molecule has 2 aromatic rings. The minimum atomic E-state index is -0.279. The van der Waals surface area contributed by atoms with Crippen molar-refractivity contribution < 1.29 is 9.18 Å². The molecule has 6 nitrogen and oxygen atoms in total. The first-order valence-corrected chi connectivity index (χ1v) is 10.4. The Hall–Kier alpha value is -1.26. The van der Waals surface area contributed by atoms with Crippen LogP contribution in [-0.4, -0.2) is 44.5 Å². The van der Waals surface area contributed by atoms with Gasteiger partial charge >= 0.3 is 0 Å². The highest BCUT2D eigenvalue weighted by Gasteiger charge is 2.16. The van der Waals surface area contributed by atoms with E-state index in [1.807, 2.05) is 13.8 Å². The number of thioether (sulfide) groups is 2. The van der Waals surface area contributed by atoms with E-state index in [1.54, 1.807) is 17.0 Å². The van der Waals surface area contributed by atoms with Crippen molar-refractivity contribution in [1.29, 1.82) is 0 Å². The van der Waals surface area contributed by atoms with Gasteiger partial charge in [-0.1, -0.05) is 39.5 Å². The number of rotatable bonds is 8. The van der Waals surface area contributed by atoms with Gasteiger partial charge in [0.2, 0.25) is 16.2 Å². The predicted octanol–water partition coefficient (Wildman–Crippen LogP) is 3.15. The first-order valence-electron chi connectivity index (χ1n) is 7.64. The summed E-state index contributed by atoms with van der Waals surface area (Å²) >= 11 is 5.85. The molecule has 0 atom stereocenters. The zero-order valence-electron chi connectivity index (χ0n) is 13.9. The molecular formula is C15H19BrFN5OS2. The largest absolute Gasteiger partial charge is 0.343 e. The van der Waals surface area contributed by atoms with Gasteiger partial charge in [0.15, 0.2) is 0 Å². The molecule has 0 fully saturated rings. The van der Waals surface area contributed by atoms with Crippen LogP contribution < -0.4 is 5.84 Å². The van der Waals surface area contributed by atoms with Crippen LogP contribution in [0.15, 0.2) is 33.0 Å². The van der Waals surface area contributed by atoms with E-state index in [0.29, 0.717) is 34.7 Å². The second-order valence-electron chi connectivity index (χ2n) is 5.01. The molecular weight excluding hydrogens is 429 g/mol. The number of amides is 1. The van der Waals surface area contributed by atoms with E-state index in [4.69, 9.17) is 5.84 Å². The van der Waals surface area contributed by atoms with Gasteiger partial charge in [-0.3, -0.25) is 4.79 Å². The summed E-state index contributed by atoms with van der Waals surface area (Å²) in [5, 5.41) is 8.95. The Balaban J connectivity index is 1.96. The minimum Gasteiger partial charge on any atom is -0.343 e. The normalized spacial score (nSPS) is 10.9. The Kier molecular flexibility index (Phi) is 7.57. The standard InChI is InChI=1S/C15H19BrFN5OS2/c1-3-21(4-2)13(23)9-25-15-20-19-14(22(15)18)24-8-10-7-11(16)5-6-12(10)17/h5-7H,3-4,8-9,18H2,1-2H3. The van der Waals surface area contributed by atoms with Gasteiger partial charge in [0.25, 0.3) is 0 Å². The van der Waals surface area contributed by atoms with Crippen LogP contribution in [0, 0.1) is 5.82 Å². The van der Waals surface area contributed by atoms with Gasteiger partial charge in [-0.25, -0.2) is 9.07 Å². The summed E-state index contributed by atoms with van der Waals surface area (Å²) in [6.45, 7) is 5.22. The van der Waals surface area contributed by atoms with Gasteiger partial charge < -0.3 is 10.7 Å². The number of halogens is 2. The van der Waals surface area contributed by atoms with Crippen molar-refractivity contribution >= 4 is 45.4 Å². The summed E-state index contributed by atoms with van der Waals surface area (Å²) in [5.41, 5.74) is 0.549. The fraction of sp³-hybridized carbons (Fsp3) is 0.400. The van der Waals surface area contributed by atoms with Crippen molar-refractivity contribution in [2.24, 2.45) is 0 Å². The first-order chi connectivity index (χ1) is 12.0. The predicted molar refractivity (Wildman–Crippen MR) is 102 cm³/mol. The Labute approximate surface area is 162 Å². The SMILES string of the molecule is CCN(CC)C(=O)CSc1nnc(SCc2cc(Br)ccc2F)n1N. The Bertz CT molecular complexity index is 739. The molecule has 1 amide bonds. The number of nitrogens with two attached hydrogens (primary N) is 1. The second kappa shape index (κ2) is 9.44. The summed E-state index contributed by atoms with van der Waals surface area (Å²) in [5.74, 6) is 6.37. The molecule has 136 valence electrons. The van der Waals surface area contributed by atoms with Crippen LogP contribution >= 0.6 is 39.5 Å². The maximum atomic E-state index is 13.8. The minimum absolute atomic E-state index is 0.0309. The molecule has 1 aromatic heterocycles. The van der Waals surface area contributed by atoms with E-state index in [0.717, 1.165) is 4.47 Å². The van der Waals surface area contributed by atoms with Crippen LogP contribution in [0.3, 0.4) is 0 Å². The lowest BCUT2D eigenvalue weighted by Crippen LogP contribution is -2.32. The summed E-state index contributed by atoms with van der Waals surface area (Å²) < 4.78 is 15.9. The Morgan fingerprint density at radius 2 is 1.92 bits per heavy atom. The monoisotopic (exact) mass is 447 g/mol. The third-order valence-electron chi connectivity index (χ3n) is 3.44. The third kappa shape index (κ3) is 5.35. The molecule has 0 aliphatic rings. The van der Waals surface area contributed by atoms with Crippen LogP contribution in [0.25, 0.3) is 0 Å². The van der Waals surface area contributed by atoms with E-state index in [1.165, 1.54) is 34.3 Å². The summed E-state index contributed by atoms with van der Waals surface area (Å²) in [6, 6.07) is 4.78. The fourth-order valence-corrected chi connectivity index (χ4v) is 4.11. The summed E-state index contributed by atoms with van der Waals surface area (Å²) in [7, 11) is 0. The number of carbonyl (C=O) groups excluding carboxylic acids is 1. The number of hydrogen-bond donors (Lipinski definition) is 1. The van der Waals surface area contributed by atoms with Crippen LogP contribution in [0.5, 0.6) is 0 Å². The highest BCUT2D eigenvalue weighted by Crippen LogP contribution is 2.26. The molecule has 0 radical (unpaired) electrons. The van der Waals surface area contributed by atoms with Crippen LogP contribution in [0.1, 0.15) is 19.4 Å². The van der Waals surface area contributed by atoms with Gasteiger partial charge in [0.1, 0.15) is 5.82 Å². The zero-order chi connectivity index (χ0) is 18.4. The lowest BCUT2D eigenvalue weighted by atomic mass is 10.2. The number of nitrogen functional groups attached to an aromatic ring is 1. The summed E-state index contributed by atoms with van der Waals surface area (Å²) in [6.07, 6.45) is 0. The number of nitrogens with zero attached hydrogens (tertiary/aromatic N) is 4. The van der Waals surface area contributed by atoms with Gasteiger partial charge in [-0.2, -0.15) is 0 Å². The number of benzene rings is 1. The van der Waals surface area contributed by atoms with Crippen molar-refractivity contribution in [2.45, 2.75) is 29.9 Å². The highest BCUT2D eigenvalue weighted by molar-refractivity contribution is 9.10. The maximum Gasteiger partial charge on any atom is 0.233 e. The molecule has 0 bridgehead atoms. The zero-order valence-corrected chi connectivity index (χ0v) is 17.1. The van der Waals surface area contributed by atoms with Crippen LogP contribution in [0.2, 0.25) is 0 Å². The van der Waals surface area contributed by atoms with Gasteiger partial charge in [-0.05, 0) is 37.6 Å². The molecule has 1 aromatic carbocycles. The van der Waals surface area contributed by atoms with E-state index in [2.05, 4.69) is 26.1 Å². The van der Waals surface area contributed by atoms with Gasteiger partial charge in [0.05, 0.1) is 5.75 Å². The summed E-state index contributed by atoms with van der Waals surface area (Å²) in [4.78, 5) is 13.8. The molecule has 0 aliphatic heterocycles. The number of aromatic nitrogens is 3. The van der Waals surface area contributed by atoms with E-state index < -0.39 is 0 Å². The van der Waals surface area contributed by atoms with E-state index in [-0.39, 0.29) is 17.5 Å². The topological polar surface area (TPSA) is 77.0 Å². The second-order valence-corrected chi connectivity index (χ2v) is 7.81. The van der Waals surface area contributed by atoms with Crippen LogP contribution in [-0.2, 0) is 10.5 Å². The molecule has 25 heavy (non-hydrogen) atoms. The van der Waals surface area contributed by atoms with Crippen molar-refractivity contribution in [2.75, 3.05) is 24.7 Å². The first kappa shape index (κ1) is 20.1. The fourth-order valence-electron chi connectivity index (χ4n) is 2.05. The average molecular weight is 448 g/mol. The molecule has 0 aliphatic carbocycles. The third-order valence-corrected chi connectivity index (χ3v) is 5.85. The molecule has 0 spiro atoms. The number of carbonyl (C=O) groups is 1. The average Bonchev–Trinajstić information content (AvgIpc) is 2.95. The van der Waals surface area contributed by atoms with E-state index in [9.17, 15) is 9.18 Å². The van der Waals surface area contributed by atoms with Crippen molar-refractivity contribution in [3.05, 3.63) is 34.1 Å². The Morgan fingerprint density at radius 3 is 2.56 bits per heavy atom. The van der Waals surface area contributed by atoms with Gasteiger partial charge in [0, 0.05) is 23.3 Å². The molecule has 10 heteroatoms. The lowest BCUT2D eigenvalue weighted by Gasteiger charge is -2.17.